The van der Waals surface area contributed by atoms with Crippen LogP contribution in [0.4, 0.5) is 8.78 Å². The molecule has 0 aliphatic heterocycles. The van der Waals surface area contributed by atoms with Crippen LogP contribution in [-0.2, 0) is 22.5 Å². The quantitative estimate of drug-likeness (QED) is 0.652. The van der Waals surface area contributed by atoms with Crippen molar-refractivity contribution in [3.05, 3.63) is 5.82 Å². The Morgan fingerprint density at radius 3 is 2.94 bits per heavy atom. The lowest BCUT2D eigenvalue weighted by Crippen LogP contribution is -2.13. The minimum absolute atomic E-state index is 0.0672. The highest BCUT2D eigenvalue weighted by Gasteiger charge is 2.08. The first kappa shape index (κ1) is 13.4. The summed E-state index contributed by atoms with van der Waals surface area (Å²) in [6, 6.07) is 0. The molecule has 96 valence electrons. The molecule has 0 bridgehead atoms. The van der Waals surface area contributed by atoms with E-state index in [4.69, 9.17) is 5.11 Å². The Morgan fingerprint density at radius 2 is 2.29 bits per heavy atom. The minimum Gasteiger partial charge on any atom is -0.481 e. The molecule has 0 fully saturated rings. The van der Waals surface area contributed by atoms with Crippen LogP contribution in [0.2, 0.25) is 0 Å². The highest BCUT2D eigenvalue weighted by atomic mass is 19.3. The van der Waals surface area contributed by atoms with Crippen molar-refractivity contribution in [3.63, 3.8) is 0 Å². The number of alkyl halides is 2. The van der Waals surface area contributed by atoms with E-state index < -0.39 is 19.0 Å². The highest BCUT2D eigenvalue weighted by molar-refractivity contribution is 5.66. The summed E-state index contributed by atoms with van der Waals surface area (Å²) in [5, 5.41) is 19.1. The van der Waals surface area contributed by atoms with E-state index in [1.165, 1.54) is 4.68 Å². The van der Waals surface area contributed by atoms with E-state index in [0.717, 1.165) is 0 Å². The molecule has 0 saturated heterocycles. The Bertz CT molecular complexity index is 358. The van der Waals surface area contributed by atoms with Gasteiger partial charge in [0.05, 0.1) is 19.6 Å². The third kappa shape index (κ3) is 5.29. The van der Waals surface area contributed by atoms with Gasteiger partial charge in [-0.25, -0.2) is 13.5 Å². The summed E-state index contributed by atoms with van der Waals surface area (Å²) in [5.74, 6) is -0.541. The van der Waals surface area contributed by atoms with Crippen LogP contribution in [0.15, 0.2) is 0 Å². The van der Waals surface area contributed by atoms with E-state index in [1.807, 2.05) is 0 Å². The summed E-state index contributed by atoms with van der Waals surface area (Å²) < 4.78 is 29.5. The third-order valence-corrected chi connectivity index (χ3v) is 1.86. The predicted octanol–water partition coefficient (Wildman–Crippen LogP) is -0.0280. The first-order valence-corrected chi connectivity index (χ1v) is 4.92. The minimum atomic E-state index is -2.50. The first-order chi connectivity index (χ1) is 8.09. The van der Waals surface area contributed by atoms with Gasteiger partial charge >= 0.3 is 5.97 Å². The summed E-state index contributed by atoms with van der Waals surface area (Å²) in [6.07, 6.45) is -2.34. The van der Waals surface area contributed by atoms with Gasteiger partial charge in [-0.3, -0.25) is 4.79 Å². The zero-order valence-electron chi connectivity index (χ0n) is 8.92. The van der Waals surface area contributed by atoms with Gasteiger partial charge in [0.1, 0.15) is 6.61 Å². The number of rotatable bonds is 8. The van der Waals surface area contributed by atoms with Gasteiger partial charge in [-0.1, -0.05) is 0 Å². The van der Waals surface area contributed by atoms with Gasteiger partial charge in [0.2, 0.25) is 0 Å². The highest BCUT2D eigenvalue weighted by Crippen LogP contribution is 1.98. The third-order valence-electron chi connectivity index (χ3n) is 1.86. The molecule has 1 aromatic rings. The molecular formula is C8H12F2N4O3. The Kier molecular flexibility index (Phi) is 5.40. The lowest BCUT2D eigenvalue weighted by Gasteiger charge is -2.04. The molecule has 7 nitrogen and oxygen atoms in total. The van der Waals surface area contributed by atoms with Gasteiger partial charge in [0.25, 0.3) is 6.43 Å². The molecule has 1 rings (SSSR count). The van der Waals surface area contributed by atoms with E-state index in [9.17, 15) is 13.6 Å². The molecule has 0 aromatic carbocycles. The van der Waals surface area contributed by atoms with E-state index in [2.05, 4.69) is 20.3 Å². The molecule has 0 amide bonds. The van der Waals surface area contributed by atoms with E-state index in [-0.39, 0.29) is 26.0 Å². The second kappa shape index (κ2) is 6.84. The zero-order valence-corrected chi connectivity index (χ0v) is 8.92. The van der Waals surface area contributed by atoms with Crippen molar-refractivity contribution in [2.45, 2.75) is 25.8 Å². The number of carboxylic acids is 1. The summed E-state index contributed by atoms with van der Waals surface area (Å²) in [6.45, 7) is -0.416. The van der Waals surface area contributed by atoms with Crippen LogP contribution in [0.25, 0.3) is 0 Å². The molecule has 0 unspecified atom stereocenters. The fraction of sp³-hybridized carbons (Fsp3) is 0.750. The van der Waals surface area contributed by atoms with Crippen molar-refractivity contribution in [1.29, 1.82) is 0 Å². The van der Waals surface area contributed by atoms with E-state index in [0.29, 0.717) is 5.82 Å². The molecule has 0 spiro atoms. The lowest BCUT2D eigenvalue weighted by atomic mass is 10.4. The van der Waals surface area contributed by atoms with Crippen molar-refractivity contribution >= 4 is 5.97 Å². The van der Waals surface area contributed by atoms with Crippen molar-refractivity contribution in [1.82, 2.24) is 20.2 Å². The van der Waals surface area contributed by atoms with Crippen LogP contribution in [0.5, 0.6) is 0 Å². The van der Waals surface area contributed by atoms with Gasteiger partial charge in [-0.15, -0.1) is 5.10 Å². The second-order valence-electron chi connectivity index (χ2n) is 3.18. The summed E-state index contributed by atoms with van der Waals surface area (Å²) >= 11 is 0. The summed E-state index contributed by atoms with van der Waals surface area (Å²) in [7, 11) is 0. The van der Waals surface area contributed by atoms with Gasteiger partial charge in [0.15, 0.2) is 5.82 Å². The van der Waals surface area contributed by atoms with Gasteiger partial charge in [-0.2, -0.15) is 0 Å². The summed E-state index contributed by atoms with van der Waals surface area (Å²) in [4.78, 5) is 10.4. The van der Waals surface area contributed by atoms with Crippen LogP contribution in [-0.4, -0.2) is 50.9 Å². The number of ether oxygens (including phenoxy) is 1. The number of carboxylic acid groups (broad SMARTS) is 1. The Hall–Kier alpha value is -1.64. The molecule has 17 heavy (non-hydrogen) atoms. The van der Waals surface area contributed by atoms with Crippen LogP contribution < -0.4 is 0 Å². The number of hydrogen-bond donors (Lipinski definition) is 1. The fourth-order valence-corrected chi connectivity index (χ4v) is 1.11. The van der Waals surface area contributed by atoms with Crippen molar-refractivity contribution < 1.29 is 23.4 Å². The fourth-order valence-electron chi connectivity index (χ4n) is 1.11. The normalized spacial score (nSPS) is 11.0. The maximum Gasteiger partial charge on any atom is 0.305 e. The number of aryl methyl sites for hydroxylation is 1. The molecule has 0 aliphatic rings. The van der Waals surface area contributed by atoms with E-state index in [1.54, 1.807) is 0 Å². The molecule has 0 atom stereocenters. The number of carbonyl (C=O) groups is 1. The van der Waals surface area contributed by atoms with Gasteiger partial charge < -0.3 is 9.84 Å². The number of aromatic nitrogens is 4. The number of aliphatic carboxylic acids is 1. The first-order valence-electron chi connectivity index (χ1n) is 4.92. The lowest BCUT2D eigenvalue weighted by molar-refractivity contribution is -0.137. The molecular weight excluding hydrogens is 238 g/mol. The predicted molar refractivity (Wildman–Crippen MR) is 50.6 cm³/mol. The SMILES string of the molecule is O=C(O)CCn1nnnc1CCOCC(F)F. The molecule has 1 N–H and O–H groups in total. The van der Waals surface area contributed by atoms with Crippen LogP contribution in [0, 0.1) is 0 Å². The maximum absolute atomic E-state index is 11.8. The number of hydrogen-bond acceptors (Lipinski definition) is 5. The second-order valence-corrected chi connectivity index (χ2v) is 3.18. The number of tetrazole rings is 1. The average molecular weight is 250 g/mol. The Balaban J connectivity index is 2.32. The maximum atomic E-state index is 11.8. The van der Waals surface area contributed by atoms with Gasteiger partial charge in [0, 0.05) is 6.42 Å². The van der Waals surface area contributed by atoms with Crippen molar-refractivity contribution in [3.8, 4) is 0 Å². The Morgan fingerprint density at radius 1 is 1.53 bits per heavy atom. The molecule has 0 aliphatic carbocycles. The van der Waals surface area contributed by atoms with Crippen LogP contribution >= 0.6 is 0 Å². The molecule has 9 heteroatoms. The van der Waals surface area contributed by atoms with Gasteiger partial charge in [-0.05, 0) is 10.4 Å². The monoisotopic (exact) mass is 250 g/mol. The van der Waals surface area contributed by atoms with Crippen molar-refractivity contribution in [2.24, 2.45) is 0 Å². The number of nitrogens with zero attached hydrogens (tertiary/aromatic N) is 4. The van der Waals surface area contributed by atoms with E-state index >= 15 is 0 Å². The topological polar surface area (TPSA) is 90.1 Å². The van der Waals surface area contributed by atoms with Crippen LogP contribution in [0.1, 0.15) is 12.2 Å². The standard InChI is InChI=1S/C8H12F2N4O3/c9-6(10)5-17-4-2-7-11-12-13-14(7)3-1-8(15)16/h6H,1-5H2,(H,15,16). The molecule has 0 radical (unpaired) electrons. The molecule has 1 aromatic heterocycles. The Labute approximate surface area is 95.4 Å². The average Bonchev–Trinajstić information content (AvgIpc) is 2.68. The van der Waals surface area contributed by atoms with Crippen LogP contribution in [0.3, 0.4) is 0 Å². The molecule has 0 saturated carbocycles. The smallest absolute Gasteiger partial charge is 0.305 e. The number of halogens is 2. The summed E-state index contributed by atoms with van der Waals surface area (Å²) in [5.41, 5.74) is 0. The molecule has 1 heterocycles. The zero-order chi connectivity index (χ0) is 12.7. The van der Waals surface area contributed by atoms with Crippen molar-refractivity contribution in [2.75, 3.05) is 13.2 Å². The largest absolute Gasteiger partial charge is 0.481 e.